The molecule has 1 heterocycles. The molecule has 0 saturated heterocycles. The van der Waals surface area contributed by atoms with E-state index in [1.165, 1.54) is 6.26 Å². The van der Waals surface area contributed by atoms with Crippen LogP contribution >= 0.6 is 11.6 Å². The zero-order valence-corrected chi connectivity index (χ0v) is 19.9. The van der Waals surface area contributed by atoms with E-state index in [4.69, 9.17) is 25.8 Å². The average Bonchev–Trinajstić information content (AvgIpc) is 3.01. The number of nitrogens with zero attached hydrogens (tertiary/aromatic N) is 2. The molecule has 1 aromatic carbocycles. The number of ether oxygens (including phenoxy) is 3. The van der Waals surface area contributed by atoms with Gasteiger partial charge in [0.15, 0.2) is 0 Å². The van der Waals surface area contributed by atoms with Crippen molar-refractivity contribution < 1.29 is 19.0 Å². The van der Waals surface area contributed by atoms with E-state index in [1.807, 2.05) is 45.0 Å². The van der Waals surface area contributed by atoms with Gasteiger partial charge in [-0.15, -0.1) is 5.10 Å². The van der Waals surface area contributed by atoms with Gasteiger partial charge in [-0.3, -0.25) is 0 Å². The maximum atomic E-state index is 12.7. The molecule has 0 amide bonds. The number of halogens is 1. The number of carbonyl (C=O) groups excluding carboxylic acids is 1. The van der Waals surface area contributed by atoms with Crippen LogP contribution in [0.15, 0.2) is 30.5 Å². The minimum absolute atomic E-state index is 0.234. The van der Waals surface area contributed by atoms with Crippen LogP contribution in [0.1, 0.15) is 57.2 Å². The monoisotopic (exact) mass is 448 g/mol. The van der Waals surface area contributed by atoms with E-state index in [1.54, 1.807) is 4.68 Å². The SMILES string of the molecule is CCCO/C=C(/C(=O)OCCC)c1ccccc1COc1nn(CC(C)C)c(Cl)c1C. The molecule has 0 radical (unpaired) electrons. The summed E-state index contributed by atoms with van der Waals surface area (Å²) >= 11 is 6.42. The van der Waals surface area contributed by atoms with Gasteiger partial charge in [0, 0.05) is 12.1 Å². The minimum atomic E-state index is -0.411. The van der Waals surface area contributed by atoms with Gasteiger partial charge in [0.1, 0.15) is 17.3 Å². The maximum Gasteiger partial charge on any atom is 0.341 e. The first kappa shape index (κ1) is 24.8. The molecule has 0 unspecified atom stereocenters. The number of aromatic nitrogens is 2. The second-order valence-corrected chi connectivity index (χ2v) is 8.14. The Balaban J connectivity index is 2.27. The fourth-order valence-electron chi connectivity index (χ4n) is 2.92. The highest BCUT2D eigenvalue weighted by Gasteiger charge is 2.19. The summed E-state index contributed by atoms with van der Waals surface area (Å²) in [5.74, 6) is 0.489. The Morgan fingerprint density at radius 3 is 2.58 bits per heavy atom. The summed E-state index contributed by atoms with van der Waals surface area (Å²) in [4.78, 5) is 12.7. The van der Waals surface area contributed by atoms with Crippen molar-refractivity contribution in [2.75, 3.05) is 13.2 Å². The third-order valence-electron chi connectivity index (χ3n) is 4.46. The molecular weight excluding hydrogens is 416 g/mol. The van der Waals surface area contributed by atoms with Crippen molar-refractivity contribution in [3.8, 4) is 5.88 Å². The molecule has 2 rings (SSSR count). The normalized spacial score (nSPS) is 11.6. The molecule has 0 aliphatic rings. The molecule has 6 nitrogen and oxygen atoms in total. The van der Waals surface area contributed by atoms with E-state index in [2.05, 4.69) is 18.9 Å². The van der Waals surface area contributed by atoms with Crippen LogP contribution in [0.25, 0.3) is 5.57 Å². The highest BCUT2D eigenvalue weighted by molar-refractivity contribution is 6.30. The number of carbonyl (C=O) groups is 1. The fourth-order valence-corrected chi connectivity index (χ4v) is 3.11. The van der Waals surface area contributed by atoms with Crippen LogP contribution in [-0.4, -0.2) is 29.0 Å². The lowest BCUT2D eigenvalue weighted by atomic mass is 10.0. The Bertz CT molecular complexity index is 890. The molecule has 0 saturated carbocycles. The van der Waals surface area contributed by atoms with E-state index in [9.17, 15) is 4.79 Å². The first-order valence-corrected chi connectivity index (χ1v) is 11.2. The van der Waals surface area contributed by atoms with E-state index in [-0.39, 0.29) is 6.61 Å². The van der Waals surface area contributed by atoms with Crippen molar-refractivity contribution in [3.05, 3.63) is 52.4 Å². The second-order valence-electron chi connectivity index (χ2n) is 7.78. The Hall–Kier alpha value is -2.47. The van der Waals surface area contributed by atoms with Crippen LogP contribution in [0.4, 0.5) is 0 Å². The summed E-state index contributed by atoms with van der Waals surface area (Å²) in [6.45, 7) is 11.9. The lowest BCUT2D eigenvalue weighted by Gasteiger charge is -2.13. The summed E-state index contributed by atoms with van der Waals surface area (Å²) < 4.78 is 18.7. The number of rotatable bonds is 12. The Kier molecular flexibility index (Phi) is 9.92. The van der Waals surface area contributed by atoms with Gasteiger partial charge in [-0.05, 0) is 36.8 Å². The molecule has 0 spiro atoms. The van der Waals surface area contributed by atoms with Crippen LogP contribution in [-0.2, 0) is 27.4 Å². The lowest BCUT2D eigenvalue weighted by Crippen LogP contribution is -2.11. The molecule has 0 aliphatic heterocycles. The van der Waals surface area contributed by atoms with Gasteiger partial charge in [0.25, 0.3) is 0 Å². The highest BCUT2D eigenvalue weighted by atomic mass is 35.5. The van der Waals surface area contributed by atoms with E-state index in [0.29, 0.717) is 47.8 Å². The fraction of sp³-hybridized carbons (Fsp3) is 0.500. The van der Waals surface area contributed by atoms with Gasteiger partial charge < -0.3 is 14.2 Å². The Morgan fingerprint density at radius 1 is 1.19 bits per heavy atom. The molecular formula is C24H33ClN2O4. The van der Waals surface area contributed by atoms with Gasteiger partial charge in [0.05, 0.1) is 19.5 Å². The van der Waals surface area contributed by atoms with Crippen molar-refractivity contribution in [2.45, 2.75) is 60.6 Å². The maximum absolute atomic E-state index is 12.7. The smallest absolute Gasteiger partial charge is 0.341 e. The molecule has 7 heteroatoms. The van der Waals surface area contributed by atoms with Gasteiger partial charge in [-0.25, -0.2) is 9.48 Å². The largest absolute Gasteiger partial charge is 0.500 e. The zero-order valence-electron chi connectivity index (χ0n) is 19.1. The van der Waals surface area contributed by atoms with Crippen LogP contribution in [0.5, 0.6) is 5.88 Å². The summed E-state index contributed by atoms with van der Waals surface area (Å²) in [6.07, 6.45) is 3.08. The second kappa shape index (κ2) is 12.4. The predicted molar refractivity (Wildman–Crippen MR) is 123 cm³/mol. The molecule has 0 aliphatic carbocycles. The topological polar surface area (TPSA) is 62.6 Å². The molecule has 0 atom stereocenters. The van der Waals surface area contributed by atoms with Gasteiger partial charge >= 0.3 is 5.97 Å². The first-order valence-electron chi connectivity index (χ1n) is 10.8. The number of hydrogen-bond acceptors (Lipinski definition) is 5. The third-order valence-corrected chi connectivity index (χ3v) is 4.94. The van der Waals surface area contributed by atoms with Gasteiger partial charge in [-0.1, -0.05) is 63.6 Å². The van der Waals surface area contributed by atoms with Crippen molar-refractivity contribution in [3.63, 3.8) is 0 Å². The van der Waals surface area contributed by atoms with Crippen LogP contribution in [0.2, 0.25) is 5.15 Å². The Labute approximate surface area is 190 Å². The molecule has 0 N–H and O–H groups in total. The standard InChI is InChI=1S/C24H33ClN2O4/c1-6-12-29-16-21(24(28)30-13-7-2)20-11-9-8-10-19(20)15-31-23-18(5)22(25)27(26-23)14-17(3)4/h8-11,16-17H,6-7,12-15H2,1-5H3/b21-16+. The van der Waals surface area contributed by atoms with E-state index >= 15 is 0 Å². The van der Waals surface area contributed by atoms with Gasteiger partial charge in [-0.2, -0.15) is 0 Å². The van der Waals surface area contributed by atoms with Crippen LogP contribution in [0.3, 0.4) is 0 Å². The minimum Gasteiger partial charge on any atom is -0.500 e. The number of esters is 1. The predicted octanol–water partition coefficient (Wildman–Crippen LogP) is 5.80. The number of benzene rings is 1. The summed E-state index contributed by atoms with van der Waals surface area (Å²) in [5, 5.41) is 5.08. The number of hydrogen-bond donors (Lipinski definition) is 0. The molecule has 170 valence electrons. The zero-order chi connectivity index (χ0) is 22.8. The van der Waals surface area contributed by atoms with E-state index in [0.717, 1.165) is 24.0 Å². The van der Waals surface area contributed by atoms with Crippen molar-refractivity contribution in [2.24, 2.45) is 5.92 Å². The average molecular weight is 449 g/mol. The van der Waals surface area contributed by atoms with E-state index < -0.39 is 5.97 Å². The molecule has 2 aromatic rings. The van der Waals surface area contributed by atoms with Crippen molar-refractivity contribution in [1.82, 2.24) is 9.78 Å². The van der Waals surface area contributed by atoms with Crippen molar-refractivity contribution >= 4 is 23.1 Å². The summed E-state index contributed by atoms with van der Waals surface area (Å²) in [5.41, 5.74) is 2.71. The highest BCUT2D eigenvalue weighted by Crippen LogP contribution is 2.28. The molecule has 0 fully saturated rings. The van der Waals surface area contributed by atoms with Crippen LogP contribution < -0.4 is 4.74 Å². The Morgan fingerprint density at radius 2 is 1.90 bits per heavy atom. The molecule has 0 bridgehead atoms. The summed E-state index contributed by atoms with van der Waals surface area (Å²) in [7, 11) is 0. The third kappa shape index (κ3) is 7.03. The van der Waals surface area contributed by atoms with Gasteiger partial charge in [0.2, 0.25) is 5.88 Å². The summed E-state index contributed by atoms with van der Waals surface area (Å²) in [6, 6.07) is 7.56. The van der Waals surface area contributed by atoms with Crippen molar-refractivity contribution in [1.29, 1.82) is 0 Å². The van der Waals surface area contributed by atoms with Crippen LogP contribution in [0, 0.1) is 12.8 Å². The molecule has 1 aromatic heterocycles. The lowest BCUT2D eigenvalue weighted by molar-refractivity contribution is -0.136. The first-order chi connectivity index (χ1) is 14.9. The quantitative estimate of drug-likeness (QED) is 0.178. The molecule has 31 heavy (non-hydrogen) atoms.